The first-order valence-corrected chi connectivity index (χ1v) is 26.8. The third-order valence-electron chi connectivity index (χ3n) is 14.7. The van der Waals surface area contributed by atoms with Gasteiger partial charge in [0.2, 0.25) is 0 Å². The zero-order chi connectivity index (χ0) is 49.9. The predicted octanol–water partition coefficient (Wildman–Crippen LogP) is 19.9. The second-order valence-electron chi connectivity index (χ2n) is 20.1. The lowest BCUT2D eigenvalue weighted by Gasteiger charge is -2.34. The average molecular weight is 1070 g/mol. The molecule has 4 aromatic carbocycles. The van der Waals surface area contributed by atoms with Crippen molar-refractivity contribution in [3.8, 4) is 24.3 Å². The van der Waals surface area contributed by atoms with Crippen LogP contribution in [0.5, 0.6) is 0 Å². The summed E-state index contributed by atoms with van der Waals surface area (Å²) in [6.45, 7) is 8.84. The van der Waals surface area contributed by atoms with E-state index >= 15 is 0 Å². The van der Waals surface area contributed by atoms with E-state index in [1.54, 1.807) is 24.3 Å². The molecule has 8 rings (SSSR count). The lowest BCUT2D eigenvalue weighted by molar-refractivity contribution is 0.287. The van der Waals surface area contributed by atoms with Crippen LogP contribution in [0, 0.1) is 69.0 Å². The van der Waals surface area contributed by atoms with E-state index in [0.29, 0.717) is 63.9 Å². The van der Waals surface area contributed by atoms with E-state index in [1.165, 1.54) is 25.7 Å². The van der Waals surface area contributed by atoms with Crippen LogP contribution in [0.1, 0.15) is 153 Å². The van der Waals surface area contributed by atoms with E-state index in [2.05, 4.69) is 52.0 Å². The van der Waals surface area contributed by atoms with E-state index < -0.39 is 0 Å². The van der Waals surface area contributed by atoms with Gasteiger partial charge >= 0.3 is 0 Å². The lowest BCUT2D eigenvalue weighted by Crippen LogP contribution is -2.30. The van der Waals surface area contributed by atoms with Crippen molar-refractivity contribution >= 4 is 92.8 Å². The minimum atomic E-state index is -0.369. The fourth-order valence-corrected chi connectivity index (χ4v) is 12.3. The highest BCUT2D eigenvalue weighted by Crippen LogP contribution is 2.46. The monoisotopic (exact) mass is 1070 g/mol. The van der Waals surface area contributed by atoms with Gasteiger partial charge in [-0.05, 0) is 146 Å². The van der Waals surface area contributed by atoms with Crippen LogP contribution in [0.2, 0.25) is 40.2 Å². The number of hydrogen-bond acceptors (Lipinski definition) is 4. The molecule has 0 spiro atoms. The summed E-state index contributed by atoms with van der Waals surface area (Å²) >= 11 is 47.9. The molecule has 0 aromatic heterocycles. The van der Waals surface area contributed by atoms with Gasteiger partial charge in [-0.1, -0.05) is 196 Å². The summed E-state index contributed by atoms with van der Waals surface area (Å²) in [6, 6.07) is 32.4. The molecular formula is C56H60Cl8N4. The standard InChI is InChI=1S/4C14H15Cl2N/c4*1-10-3-2-6-14(8-10,9-17)11-4-5-12(15)13(16)7-11/h4*4-5,7,10H,2-3,6,8H2,1H3/t4*10-,14+/m1100/s1. The van der Waals surface area contributed by atoms with Gasteiger partial charge in [0.1, 0.15) is 0 Å². The number of nitriles is 4. The summed E-state index contributed by atoms with van der Waals surface area (Å²) in [5, 5.41) is 42.5. The van der Waals surface area contributed by atoms with Crippen LogP contribution < -0.4 is 0 Å². The molecule has 12 heteroatoms. The van der Waals surface area contributed by atoms with Crippen LogP contribution in [-0.2, 0) is 21.7 Å². The maximum absolute atomic E-state index is 9.55. The second kappa shape index (κ2) is 25.0. The third kappa shape index (κ3) is 13.8. The third-order valence-corrected chi connectivity index (χ3v) is 17.7. The Morgan fingerprint density at radius 2 is 0.529 bits per heavy atom. The SMILES string of the molecule is C[C@@H]1CCC[C@](C#N)(c2ccc(Cl)c(Cl)c2)C1.C[C@@H]1CCC[C@](C#N)(c2ccc(Cl)c(Cl)c2)C1.C[C@H]1CCC[C@@](C#N)(c2ccc(Cl)c(Cl)c2)C1.C[C@H]1CCC[C@@](C#N)(c2ccc(Cl)c(Cl)c2)C1. The van der Waals surface area contributed by atoms with Crippen LogP contribution in [0.25, 0.3) is 0 Å². The molecule has 0 radical (unpaired) electrons. The molecule has 8 atom stereocenters. The summed E-state index contributed by atoms with van der Waals surface area (Å²) in [7, 11) is 0. The van der Waals surface area contributed by atoms with Gasteiger partial charge in [0, 0.05) is 0 Å². The Hall–Kier alpha value is -2.84. The Morgan fingerprint density at radius 3 is 0.676 bits per heavy atom. The Kier molecular flexibility index (Phi) is 20.6. The van der Waals surface area contributed by atoms with Gasteiger partial charge in [0.25, 0.3) is 0 Å². The normalized spacial score (nSPS) is 28.7. The van der Waals surface area contributed by atoms with Gasteiger partial charge in [-0.2, -0.15) is 21.0 Å². The molecule has 0 saturated heterocycles. The first-order chi connectivity index (χ1) is 32.3. The highest BCUT2D eigenvalue weighted by molar-refractivity contribution is 6.43. The quantitative estimate of drug-likeness (QED) is 0.203. The molecule has 4 aliphatic carbocycles. The number of halogens is 8. The van der Waals surface area contributed by atoms with Crippen LogP contribution >= 0.6 is 92.8 Å². The first kappa shape index (κ1) is 56.1. The van der Waals surface area contributed by atoms with E-state index in [9.17, 15) is 21.0 Å². The van der Waals surface area contributed by atoms with Gasteiger partial charge in [-0.25, -0.2) is 0 Å². The van der Waals surface area contributed by atoms with Gasteiger partial charge in [0.15, 0.2) is 0 Å². The van der Waals surface area contributed by atoms with E-state index in [1.807, 2.05) is 48.5 Å². The summed E-state index contributed by atoms with van der Waals surface area (Å²) < 4.78 is 0. The Morgan fingerprint density at radius 1 is 0.338 bits per heavy atom. The summed E-state index contributed by atoms with van der Waals surface area (Å²) in [4.78, 5) is 0. The molecule has 0 aliphatic heterocycles. The van der Waals surface area contributed by atoms with Gasteiger partial charge in [0.05, 0.1) is 86.1 Å². The fourth-order valence-electron chi connectivity index (χ4n) is 11.1. The molecule has 4 nitrogen and oxygen atoms in total. The molecular weight excluding hydrogens is 1010 g/mol. The van der Waals surface area contributed by atoms with Crippen LogP contribution in [-0.4, -0.2) is 0 Å². The Balaban J connectivity index is 0.000000169. The summed E-state index contributed by atoms with van der Waals surface area (Å²) in [6.07, 6.45) is 16.6. The molecule has 0 amide bonds. The molecule has 0 N–H and O–H groups in total. The molecule has 4 saturated carbocycles. The maximum Gasteiger partial charge on any atom is 0.0825 e. The second-order valence-corrected chi connectivity index (χ2v) is 23.4. The van der Waals surface area contributed by atoms with Crippen LogP contribution in [0.15, 0.2) is 72.8 Å². The Labute approximate surface area is 445 Å². The van der Waals surface area contributed by atoms with Crippen LogP contribution in [0.3, 0.4) is 0 Å². The summed E-state index contributed by atoms with van der Waals surface area (Å²) in [5.74, 6) is 2.38. The largest absolute Gasteiger partial charge is 0.197 e. The lowest BCUT2D eigenvalue weighted by atomic mass is 9.67. The van der Waals surface area contributed by atoms with Crippen molar-refractivity contribution in [2.75, 3.05) is 0 Å². The minimum Gasteiger partial charge on any atom is -0.197 e. The molecule has 4 fully saturated rings. The fraction of sp³-hybridized carbons (Fsp3) is 0.500. The summed E-state index contributed by atoms with van der Waals surface area (Å²) in [5.41, 5.74) is 2.58. The Bertz CT molecular complexity index is 2210. The topological polar surface area (TPSA) is 95.2 Å². The minimum absolute atomic E-state index is 0.369. The van der Waals surface area contributed by atoms with Crippen molar-refractivity contribution in [3.63, 3.8) is 0 Å². The zero-order valence-electron chi connectivity index (χ0n) is 39.4. The van der Waals surface area contributed by atoms with Crippen molar-refractivity contribution < 1.29 is 0 Å². The van der Waals surface area contributed by atoms with Crippen LogP contribution in [0.4, 0.5) is 0 Å². The van der Waals surface area contributed by atoms with Crippen molar-refractivity contribution in [1.82, 2.24) is 0 Å². The highest BCUT2D eigenvalue weighted by atomic mass is 35.5. The predicted molar refractivity (Wildman–Crippen MR) is 286 cm³/mol. The van der Waals surface area contributed by atoms with Gasteiger partial charge in [-0.15, -0.1) is 0 Å². The molecule has 0 unspecified atom stereocenters. The molecule has 4 aliphatic rings. The molecule has 0 heterocycles. The smallest absolute Gasteiger partial charge is 0.0825 e. The van der Waals surface area contributed by atoms with E-state index in [-0.39, 0.29) is 21.7 Å². The first-order valence-electron chi connectivity index (χ1n) is 23.8. The average Bonchev–Trinajstić information content (AvgIpc) is 3.33. The maximum atomic E-state index is 9.55. The number of nitrogens with zero attached hydrogens (tertiary/aromatic N) is 4. The van der Waals surface area contributed by atoms with Crippen molar-refractivity contribution in [1.29, 1.82) is 21.0 Å². The highest BCUT2D eigenvalue weighted by Gasteiger charge is 2.40. The number of rotatable bonds is 4. The van der Waals surface area contributed by atoms with Gasteiger partial charge in [-0.3, -0.25) is 0 Å². The van der Waals surface area contributed by atoms with E-state index in [0.717, 1.165) is 99.3 Å². The molecule has 0 bridgehead atoms. The van der Waals surface area contributed by atoms with Gasteiger partial charge < -0.3 is 0 Å². The van der Waals surface area contributed by atoms with E-state index in [4.69, 9.17) is 92.8 Å². The molecule has 68 heavy (non-hydrogen) atoms. The zero-order valence-corrected chi connectivity index (χ0v) is 45.4. The molecule has 4 aromatic rings. The van der Waals surface area contributed by atoms with Crippen molar-refractivity contribution in [2.45, 2.75) is 152 Å². The molecule has 360 valence electrons. The number of benzene rings is 4. The number of hydrogen-bond donors (Lipinski definition) is 0. The van der Waals surface area contributed by atoms with Crippen molar-refractivity contribution in [3.05, 3.63) is 135 Å². The van der Waals surface area contributed by atoms with Crippen molar-refractivity contribution in [2.24, 2.45) is 23.7 Å².